The normalized spacial score (nSPS) is 20.4. The number of hydrogen-bond donors (Lipinski definition) is 2. The highest BCUT2D eigenvalue weighted by molar-refractivity contribution is 6.01. The molecule has 0 spiro atoms. The zero-order valence-electron chi connectivity index (χ0n) is 17.1. The Kier molecular flexibility index (Phi) is 6.28. The van der Waals surface area contributed by atoms with Crippen LogP contribution >= 0.6 is 0 Å². The van der Waals surface area contributed by atoms with Gasteiger partial charge in [0, 0.05) is 25.7 Å². The second-order valence-corrected chi connectivity index (χ2v) is 7.93. The average Bonchev–Trinajstić information content (AvgIpc) is 3.03. The first kappa shape index (κ1) is 20.9. The predicted octanol–water partition coefficient (Wildman–Crippen LogP) is 1.42. The van der Waals surface area contributed by atoms with Crippen molar-refractivity contribution in [2.24, 2.45) is 5.92 Å². The van der Waals surface area contributed by atoms with Gasteiger partial charge >= 0.3 is 0 Å². The van der Waals surface area contributed by atoms with Crippen molar-refractivity contribution in [3.63, 3.8) is 0 Å². The molecular formula is C19H31N5O3. The van der Waals surface area contributed by atoms with E-state index in [0.717, 1.165) is 12.8 Å². The lowest BCUT2D eigenvalue weighted by molar-refractivity contribution is -0.132. The van der Waals surface area contributed by atoms with Crippen molar-refractivity contribution in [2.75, 3.05) is 13.6 Å². The van der Waals surface area contributed by atoms with Crippen LogP contribution in [0.3, 0.4) is 0 Å². The molecule has 0 radical (unpaired) electrons. The highest BCUT2D eigenvalue weighted by Crippen LogP contribution is 2.26. The van der Waals surface area contributed by atoms with Crippen LogP contribution in [0.2, 0.25) is 0 Å². The second kappa shape index (κ2) is 8.10. The Hall–Kier alpha value is -2.38. The fourth-order valence-corrected chi connectivity index (χ4v) is 2.90. The monoisotopic (exact) mass is 377 g/mol. The Bertz CT molecular complexity index is 727. The molecule has 0 saturated carbocycles. The second-order valence-electron chi connectivity index (χ2n) is 7.93. The van der Waals surface area contributed by atoms with Crippen LogP contribution in [0, 0.1) is 5.92 Å². The summed E-state index contributed by atoms with van der Waals surface area (Å²) in [7, 11) is 1.61. The molecule has 0 unspecified atom stereocenters. The van der Waals surface area contributed by atoms with Gasteiger partial charge in [0.05, 0.1) is 6.54 Å². The fourth-order valence-electron chi connectivity index (χ4n) is 2.90. The lowest BCUT2D eigenvalue weighted by Crippen LogP contribution is -2.62. The summed E-state index contributed by atoms with van der Waals surface area (Å²) in [5.74, 6) is -0.374. The minimum atomic E-state index is -1.06. The lowest BCUT2D eigenvalue weighted by Gasteiger charge is -2.40. The summed E-state index contributed by atoms with van der Waals surface area (Å²) in [5, 5.41) is 10.0. The van der Waals surface area contributed by atoms with Crippen molar-refractivity contribution >= 4 is 17.7 Å². The van der Waals surface area contributed by atoms with E-state index in [1.165, 1.54) is 15.6 Å². The van der Waals surface area contributed by atoms with Gasteiger partial charge in [0.1, 0.15) is 11.2 Å². The highest BCUT2D eigenvalue weighted by Gasteiger charge is 2.46. The van der Waals surface area contributed by atoms with E-state index in [1.807, 2.05) is 13.8 Å². The largest absolute Gasteiger partial charge is 0.354 e. The molecule has 2 heterocycles. The van der Waals surface area contributed by atoms with Crippen LogP contribution in [-0.2, 0) is 11.3 Å². The van der Waals surface area contributed by atoms with Crippen LogP contribution in [0.4, 0.5) is 0 Å². The summed E-state index contributed by atoms with van der Waals surface area (Å²) < 4.78 is 1.47. The van der Waals surface area contributed by atoms with Gasteiger partial charge in [0.2, 0.25) is 5.91 Å². The number of nitrogens with one attached hydrogen (secondary N) is 2. The van der Waals surface area contributed by atoms with Crippen LogP contribution in [0.25, 0.3) is 0 Å². The zero-order valence-corrected chi connectivity index (χ0v) is 17.1. The summed E-state index contributed by atoms with van der Waals surface area (Å²) >= 11 is 0. The molecule has 2 atom stereocenters. The molecule has 0 bridgehead atoms. The molecule has 1 aliphatic rings. The molecule has 0 saturated heterocycles. The van der Waals surface area contributed by atoms with E-state index in [1.54, 1.807) is 14.0 Å². The van der Waals surface area contributed by atoms with Gasteiger partial charge in [-0.05, 0) is 32.6 Å². The standard InChI is InChI=1S/C19H31N5O3/c1-7-13(4)21-16(25)14-10-15-17(26)23(6)19(5,11-24(15)22-14)18(27)20-9-8-12(2)3/h10,12-13H,7-9,11H2,1-6H3,(H,20,27)(H,21,25)/t13-,19-/m1/s1. The number of carbonyl (C=O) groups is 3. The maximum atomic E-state index is 12.8. The summed E-state index contributed by atoms with van der Waals surface area (Å²) in [4.78, 5) is 39.3. The van der Waals surface area contributed by atoms with Crippen molar-refractivity contribution < 1.29 is 14.4 Å². The first-order valence-corrected chi connectivity index (χ1v) is 9.55. The molecule has 150 valence electrons. The Labute approximate surface area is 160 Å². The Morgan fingerprint density at radius 2 is 2.00 bits per heavy atom. The molecule has 3 amide bonds. The van der Waals surface area contributed by atoms with Gasteiger partial charge < -0.3 is 15.5 Å². The van der Waals surface area contributed by atoms with Gasteiger partial charge in [-0.15, -0.1) is 0 Å². The van der Waals surface area contributed by atoms with Crippen LogP contribution in [0.15, 0.2) is 6.07 Å². The predicted molar refractivity (Wildman–Crippen MR) is 102 cm³/mol. The molecule has 27 heavy (non-hydrogen) atoms. The van der Waals surface area contributed by atoms with E-state index in [9.17, 15) is 14.4 Å². The Morgan fingerprint density at radius 3 is 2.59 bits per heavy atom. The number of nitrogens with zero attached hydrogens (tertiary/aromatic N) is 3. The fraction of sp³-hybridized carbons (Fsp3) is 0.684. The van der Waals surface area contributed by atoms with E-state index in [-0.39, 0.29) is 36.0 Å². The molecule has 1 aromatic rings. The summed E-state index contributed by atoms with van der Waals surface area (Å²) in [6.07, 6.45) is 1.67. The van der Waals surface area contributed by atoms with Crippen LogP contribution < -0.4 is 10.6 Å². The first-order valence-electron chi connectivity index (χ1n) is 9.55. The molecular weight excluding hydrogens is 346 g/mol. The van der Waals surface area contributed by atoms with Crippen molar-refractivity contribution in [1.82, 2.24) is 25.3 Å². The zero-order chi connectivity index (χ0) is 20.4. The minimum Gasteiger partial charge on any atom is -0.354 e. The van der Waals surface area contributed by atoms with E-state index < -0.39 is 5.54 Å². The number of likely N-dealkylation sites (N-methyl/N-ethyl adjacent to an activating group) is 1. The van der Waals surface area contributed by atoms with Gasteiger partial charge in [-0.2, -0.15) is 5.10 Å². The van der Waals surface area contributed by atoms with E-state index in [2.05, 4.69) is 29.6 Å². The molecule has 0 fully saturated rings. The van der Waals surface area contributed by atoms with Gasteiger partial charge in [0.15, 0.2) is 5.69 Å². The molecule has 1 aliphatic heterocycles. The Balaban J connectivity index is 2.21. The summed E-state index contributed by atoms with van der Waals surface area (Å²) in [5.41, 5.74) is -0.548. The summed E-state index contributed by atoms with van der Waals surface area (Å²) in [6, 6.07) is 1.51. The maximum absolute atomic E-state index is 12.8. The maximum Gasteiger partial charge on any atom is 0.272 e. The first-order chi connectivity index (χ1) is 12.6. The quantitative estimate of drug-likeness (QED) is 0.751. The van der Waals surface area contributed by atoms with Gasteiger partial charge in [0.25, 0.3) is 11.8 Å². The van der Waals surface area contributed by atoms with Gasteiger partial charge in [-0.1, -0.05) is 20.8 Å². The smallest absolute Gasteiger partial charge is 0.272 e. The Morgan fingerprint density at radius 1 is 1.33 bits per heavy atom. The van der Waals surface area contributed by atoms with Crippen molar-refractivity contribution in [1.29, 1.82) is 0 Å². The van der Waals surface area contributed by atoms with E-state index >= 15 is 0 Å². The summed E-state index contributed by atoms with van der Waals surface area (Å²) in [6.45, 7) is 10.5. The van der Waals surface area contributed by atoms with Crippen LogP contribution in [0.5, 0.6) is 0 Å². The van der Waals surface area contributed by atoms with Gasteiger partial charge in [-0.3, -0.25) is 19.1 Å². The number of fused-ring (bicyclic) bond motifs is 1. The SMILES string of the molecule is CC[C@@H](C)NC(=O)c1cc2n(n1)C[C@](C)(C(=O)NCCC(C)C)N(C)C2=O. The molecule has 8 heteroatoms. The van der Waals surface area contributed by atoms with Crippen LogP contribution in [0.1, 0.15) is 68.4 Å². The van der Waals surface area contributed by atoms with Crippen LogP contribution in [-0.4, -0.2) is 57.6 Å². The average molecular weight is 377 g/mol. The topological polar surface area (TPSA) is 96.3 Å². The third-order valence-electron chi connectivity index (χ3n) is 5.22. The molecule has 1 aromatic heterocycles. The number of rotatable bonds is 7. The van der Waals surface area contributed by atoms with Crippen molar-refractivity contribution in [2.45, 2.75) is 65.6 Å². The number of hydrogen-bond acceptors (Lipinski definition) is 4. The molecule has 0 aromatic carbocycles. The third-order valence-corrected chi connectivity index (χ3v) is 5.22. The lowest BCUT2D eigenvalue weighted by atomic mass is 9.95. The molecule has 2 N–H and O–H groups in total. The van der Waals surface area contributed by atoms with Crippen molar-refractivity contribution in [3.8, 4) is 0 Å². The van der Waals surface area contributed by atoms with E-state index in [0.29, 0.717) is 18.2 Å². The van der Waals surface area contributed by atoms with Gasteiger partial charge in [-0.25, -0.2) is 0 Å². The molecule has 2 rings (SSSR count). The molecule has 8 nitrogen and oxygen atoms in total. The third kappa shape index (κ3) is 4.31. The number of aromatic nitrogens is 2. The number of amides is 3. The highest BCUT2D eigenvalue weighted by atomic mass is 16.2. The van der Waals surface area contributed by atoms with E-state index in [4.69, 9.17) is 0 Å². The van der Waals surface area contributed by atoms with Crippen molar-refractivity contribution in [3.05, 3.63) is 17.5 Å². The number of carbonyl (C=O) groups excluding carboxylic acids is 3. The molecule has 0 aliphatic carbocycles. The minimum absolute atomic E-state index is 0.0200.